The lowest BCUT2D eigenvalue weighted by molar-refractivity contribution is 0.0696. The molecule has 19 heavy (non-hydrogen) atoms. The molecule has 102 valence electrons. The molecule has 0 radical (unpaired) electrons. The molecule has 0 aliphatic rings. The number of anilines is 1. The minimum Gasteiger partial charge on any atom is -0.399 e. The van der Waals surface area contributed by atoms with Crippen molar-refractivity contribution in [2.75, 3.05) is 12.3 Å². The Labute approximate surface area is 112 Å². The van der Waals surface area contributed by atoms with E-state index >= 15 is 0 Å². The zero-order valence-electron chi connectivity index (χ0n) is 11.6. The van der Waals surface area contributed by atoms with E-state index < -0.39 is 0 Å². The molecule has 0 unspecified atom stereocenters. The van der Waals surface area contributed by atoms with Crippen molar-refractivity contribution < 1.29 is 4.79 Å². The summed E-state index contributed by atoms with van der Waals surface area (Å²) in [5, 5.41) is 7.81. The summed E-state index contributed by atoms with van der Waals surface area (Å²) >= 11 is 0. The van der Waals surface area contributed by atoms with Gasteiger partial charge in [0.25, 0.3) is 5.91 Å². The molecular weight excluding hydrogens is 240 g/mol. The summed E-state index contributed by atoms with van der Waals surface area (Å²) in [4.78, 5) is 14.4. The molecular formula is C14H20N4O. The number of aromatic nitrogens is 2. The van der Waals surface area contributed by atoms with Crippen LogP contribution in [0.5, 0.6) is 0 Å². The van der Waals surface area contributed by atoms with Crippen molar-refractivity contribution >= 4 is 22.5 Å². The van der Waals surface area contributed by atoms with Gasteiger partial charge >= 0.3 is 0 Å². The number of H-pyrrole nitrogens is 1. The average molecular weight is 260 g/mol. The molecule has 1 atom stereocenters. The maximum absolute atomic E-state index is 12.6. The van der Waals surface area contributed by atoms with E-state index in [4.69, 9.17) is 5.73 Å². The second-order valence-electron chi connectivity index (χ2n) is 4.73. The Kier molecular flexibility index (Phi) is 3.74. The number of rotatable bonds is 4. The van der Waals surface area contributed by atoms with Gasteiger partial charge in [0.2, 0.25) is 0 Å². The first-order chi connectivity index (χ1) is 9.08. The van der Waals surface area contributed by atoms with Gasteiger partial charge in [-0.2, -0.15) is 5.10 Å². The van der Waals surface area contributed by atoms with E-state index in [9.17, 15) is 4.79 Å². The molecule has 0 saturated carbocycles. The number of benzene rings is 1. The molecule has 0 bridgehead atoms. The van der Waals surface area contributed by atoms with Crippen LogP contribution >= 0.6 is 0 Å². The third-order valence-corrected chi connectivity index (χ3v) is 3.51. The lowest BCUT2D eigenvalue weighted by Crippen LogP contribution is -2.38. The van der Waals surface area contributed by atoms with Crippen LogP contribution in [-0.4, -0.2) is 33.6 Å². The normalized spacial score (nSPS) is 12.6. The van der Waals surface area contributed by atoms with Gasteiger partial charge < -0.3 is 10.6 Å². The number of carbonyl (C=O) groups excluding carboxylic acids is 1. The van der Waals surface area contributed by atoms with E-state index in [0.717, 1.165) is 17.3 Å². The molecule has 0 aliphatic heterocycles. The summed E-state index contributed by atoms with van der Waals surface area (Å²) in [5.41, 5.74) is 7.69. The molecule has 5 heteroatoms. The fourth-order valence-electron chi connectivity index (χ4n) is 2.21. The molecule has 2 rings (SSSR count). The maximum Gasteiger partial charge on any atom is 0.275 e. The summed E-state index contributed by atoms with van der Waals surface area (Å²) in [6, 6.07) is 5.62. The Morgan fingerprint density at radius 3 is 2.84 bits per heavy atom. The van der Waals surface area contributed by atoms with Crippen molar-refractivity contribution in [2.24, 2.45) is 0 Å². The zero-order chi connectivity index (χ0) is 14.0. The van der Waals surface area contributed by atoms with E-state index in [1.807, 2.05) is 24.8 Å². The minimum atomic E-state index is -0.0475. The predicted octanol–water partition coefficient (Wildman–Crippen LogP) is 2.41. The monoisotopic (exact) mass is 260 g/mol. The summed E-state index contributed by atoms with van der Waals surface area (Å²) in [6.07, 6.45) is 0.921. The van der Waals surface area contributed by atoms with E-state index in [1.165, 1.54) is 0 Å². The van der Waals surface area contributed by atoms with E-state index in [-0.39, 0.29) is 11.9 Å². The molecule has 0 fully saturated rings. The first-order valence-electron chi connectivity index (χ1n) is 6.63. The maximum atomic E-state index is 12.6. The average Bonchev–Trinajstić information content (AvgIpc) is 2.81. The fourth-order valence-corrected chi connectivity index (χ4v) is 2.21. The van der Waals surface area contributed by atoms with Crippen molar-refractivity contribution in [3.8, 4) is 0 Å². The molecule has 3 N–H and O–H groups in total. The largest absolute Gasteiger partial charge is 0.399 e. The van der Waals surface area contributed by atoms with Crippen molar-refractivity contribution in [3.63, 3.8) is 0 Å². The van der Waals surface area contributed by atoms with Crippen LogP contribution in [0.4, 0.5) is 5.69 Å². The molecule has 0 aliphatic carbocycles. The second-order valence-corrected chi connectivity index (χ2v) is 4.73. The van der Waals surface area contributed by atoms with Gasteiger partial charge in [-0.15, -0.1) is 0 Å². The molecule has 1 aromatic carbocycles. The first kappa shape index (κ1) is 13.4. The molecule has 2 aromatic rings. The van der Waals surface area contributed by atoms with Gasteiger partial charge in [-0.3, -0.25) is 9.89 Å². The van der Waals surface area contributed by atoms with Gasteiger partial charge in [-0.1, -0.05) is 6.92 Å². The van der Waals surface area contributed by atoms with Crippen LogP contribution < -0.4 is 5.73 Å². The van der Waals surface area contributed by atoms with Crippen LogP contribution in [0.2, 0.25) is 0 Å². The number of aromatic amines is 1. The summed E-state index contributed by atoms with van der Waals surface area (Å²) < 4.78 is 0. The van der Waals surface area contributed by atoms with Crippen LogP contribution in [0, 0.1) is 0 Å². The van der Waals surface area contributed by atoms with Gasteiger partial charge in [0.15, 0.2) is 5.69 Å². The molecule has 5 nitrogen and oxygen atoms in total. The number of hydrogen-bond donors (Lipinski definition) is 2. The van der Waals surface area contributed by atoms with Gasteiger partial charge in [0.1, 0.15) is 0 Å². The highest BCUT2D eigenvalue weighted by Crippen LogP contribution is 2.21. The number of nitrogens with one attached hydrogen (secondary N) is 1. The highest BCUT2D eigenvalue weighted by Gasteiger charge is 2.23. The van der Waals surface area contributed by atoms with E-state index in [2.05, 4.69) is 17.1 Å². The topological polar surface area (TPSA) is 75.0 Å². The van der Waals surface area contributed by atoms with Gasteiger partial charge in [-0.05, 0) is 38.5 Å². The van der Waals surface area contributed by atoms with E-state index in [1.54, 1.807) is 12.1 Å². The standard InChI is InChI=1S/C14H20N4O/c1-4-9(3)18(5-2)14(19)13-11-8-10(15)6-7-12(11)16-17-13/h6-9H,4-5,15H2,1-3H3,(H,16,17)/t9-/m1/s1. The van der Waals surface area contributed by atoms with Gasteiger partial charge in [0, 0.05) is 23.7 Å². The Morgan fingerprint density at radius 2 is 2.21 bits per heavy atom. The smallest absolute Gasteiger partial charge is 0.275 e. The quantitative estimate of drug-likeness (QED) is 0.829. The Hall–Kier alpha value is -2.04. The molecule has 1 amide bonds. The second kappa shape index (κ2) is 5.30. The predicted molar refractivity (Wildman–Crippen MR) is 77.0 cm³/mol. The number of nitrogens with zero attached hydrogens (tertiary/aromatic N) is 2. The van der Waals surface area contributed by atoms with E-state index in [0.29, 0.717) is 17.9 Å². The lowest BCUT2D eigenvalue weighted by atomic mass is 10.1. The zero-order valence-corrected chi connectivity index (χ0v) is 11.6. The highest BCUT2D eigenvalue weighted by molar-refractivity contribution is 6.05. The summed E-state index contributed by atoms with van der Waals surface area (Å²) in [5.74, 6) is -0.0475. The van der Waals surface area contributed by atoms with Gasteiger partial charge in [-0.25, -0.2) is 0 Å². The van der Waals surface area contributed by atoms with Crippen molar-refractivity contribution in [1.29, 1.82) is 0 Å². The van der Waals surface area contributed by atoms with Crippen LogP contribution in [-0.2, 0) is 0 Å². The first-order valence-corrected chi connectivity index (χ1v) is 6.63. The number of carbonyl (C=O) groups is 1. The summed E-state index contributed by atoms with van der Waals surface area (Å²) in [7, 11) is 0. The number of amides is 1. The number of nitrogen functional groups attached to an aromatic ring is 1. The van der Waals surface area contributed by atoms with Crippen molar-refractivity contribution in [1.82, 2.24) is 15.1 Å². The van der Waals surface area contributed by atoms with Crippen molar-refractivity contribution in [3.05, 3.63) is 23.9 Å². The van der Waals surface area contributed by atoms with Crippen LogP contribution in [0.1, 0.15) is 37.7 Å². The Balaban J connectivity index is 2.43. The molecule has 0 saturated heterocycles. The minimum absolute atomic E-state index is 0.0475. The van der Waals surface area contributed by atoms with Crippen LogP contribution in [0.25, 0.3) is 10.9 Å². The van der Waals surface area contributed by atoms with Crippen molar-refractivity contribution in [2.45, 2.75) is 33.2 Å². The third kappa shape index (κ3) is 2.41. The van der Waals surface area contributed by atoms with Gasteiger partial charge in [0.05, 0.1) is 5.52 Å². The SMILES string of the molecule is CC[C@@H](C)N(CC)C(=O)c1n[nH]c2ccc(N)cc12. The fraction of sp³-hybridized carbons (Fsp3) is 0.429. The summed E-state index contributed by atoms with van der Waals surface area (Å²) in [6.45, 7) is 6.77. The molecule has 0 spiro atoms. The molecule has 1 heterocycles. The number of hydrogen-bond acceptors (Lipinski definition) is 3. The number of fused-ring (bicyclic) bond motifs is 1. The Morgan fingerprint density at radius 1 is 1.47 bits per heavy atom. The Bertz CT molecular complexity index is 590. The highest BCUT2D eigenvalue weighted by atomic mass is 16.2. The number of nitrogens with two attached hydrogens (primary N) is 1. The lowest BCUT2D eigenvalue weighted by Gasteiger charge is -2.26. The van der Waals surface area contributed by atoms with Crippen LogP contribution in [0.3, 0.4) is 0 Å². The third-order valence-electron chi connectivity index (χ3n) is 3.51. The van der Waals surface area contributed by atoms with Crippen LogP contribution in [0.15, 0.2) is 18.2 Å². The molecule has 1 aromatic heterocycles.